The van der Waals surface area contributed by atoms with E-state index in [2.05, 4.69) is 9.97 Å². The van der Waals surface area contributed by atoms with Crippen LogP contribution in [0.15, 0.2) is 18.2 Å². The molecule has 1 aromatic heterocycles. The summed E-state index contributed by atoms with van der Waals surface area (Å²) in [4.78, 5) is 7.77. The maximum Gasteiger partial charge on any atom is 0.222 e. The van der Waals surface area contributed by atoms with Gasteiger partial charge in [-0.3, -0.25) is 0 Å². The van der Waals surface area contributed by atoms with Crippen LogP contribution in [0, 0.1) is 11.3 Å². The molecule has 3 rings (SSSR count). The van der Waals surface area contributed by atoms with Crippen molar-refractivity contribution in [1.82, 2.24) is 9.97 Å². The van der Waals surface area contributed by atoms with Gasteiger partial charge in [-0.2, -0.15) is 10.2 Å². The third-order valence-corrected chi connectivity index (χ3v) is 3.65. The van der Waals surface area contributed by atoms with Crippen molar-refractivity contribution in [2.75, 3.05) is 11.5 Å². The topological polar surface area (TPSA) is 131 Å². The van der Waals surface area contributed by atoms with Crippen LogP contribution in [0.4, 0.5) is 11.8 Å². The number of ether oxygens (including phenoxy) is 1. The zero-order valence-corrected chi connectivity index (χ0v) is 11.8. The van der Waals surface area contributed by atoms with Gasteiger partial charge in [-0.1, -0.05) is 0 Å². The van der Waals surface area contributed by atoms with Gasteiger partial charge in [0, 0.05) is 11.6 Å². The Labute approximate surface area is 127 Å². The predicted molar refractivity (Wildman–Crippen MR) is 80.9 cm³/mol. The summed E-state index contributed by atoms with van der Waals surface area (Å²) < 4.78 is 5.72. The molecule has 7 nitrogen and oxygen atoms in total. The molecule has 0 unspecified atom stereocenters. The number of nitrogen functional groups attached to an aromatic ring is 2. The summed E-state index contributed by atoms with van der Waals surface area (Å²) in [7, 11) is 0. The first-order valence-electron chi connectivity index (χ1n) is 6.91. The summed E-state index contributed by atoms with van der Waals surface area (Å²) >= 11 is 0. The van der Waals surface area contributed by atoms with Crippen LogP contribution in [0.25, 0.3) is 11.3 Å². The van der Waals surface area contributed by atoms with Crippen molar-refractivity contribution in [1.29, 1.82) is 5.26 Å². The lowest BCUT2D eigenvalue weighted by Crippen LogP contribution is -2.24. The summed E-state index contributed by atoms with van der Waals surface area (Å²) in [6, 6.07) is 6.79. The molecular formula is C15H15N5O2. The Morgan fingerprint density at radius 2 is 2.05 bits per heavy atom. The molecule has 2 aromatic rings. The van der Waals surface area contributed by atoms with Gasteiger partial charge >= 0.3 is 0 Å². The van der Waals surface area contributed by atoms with Crippen LogP contribution < -0.4 is 16.2 Å². The van der Waals surface area contributed by atoms with Gasteiger partial charge in [0.1, 0.15) is 28.9 Å². The molecule has 1 heterocycles. The number of benzene rings is 1. The van der Waals surface area contributed by atoms with E-state index in [4.69, 9.17) is 16.2 Å². The van der Waals surface area contributed by atoms with Crippen molar-refractivity contribution in [3.05, 3.63) is 23.8 Å². The average molecular weight is 297 g/mol. The highest BCUT2D eigenvalue weighted by atomic mass is 16.5. The van der Waals surface area contributed by atoms with Gasteiger partial charge in [-0.15, -0.1) is 0 Å². The summed E-state index contributed by atoms with van der Waals surface area (Å²) in [5.41, 5.74) is 11.9. The fraction of sp³-hybridized carbons (Fsp3) is 0.267. The van der Waals surface area contributed by atoms with Crippen LogP contribution in [-0.4, -0.2) is 21.2 Å². The van der Waals surface area contributed by atoms with Crippen LogP contribution in [0.5, 0.6) is 11.5 Å². The fourth-order valence-electron chi connectivity index (χ4n) is 2.27. The molecule has 0 saturated heterocycles. The number of nitriles is 1. The Bertz CT molecular complexity index is 765. The second kappa shape index (κ2) is 5.41. The number of phenolic OH excluding ortho intramolecular Hbond substituents is 1. The van der Waals surface area contributed by atoms with Gasteiger partial charge in [0.25, 0.3) is 0 Å². The zero-order valence-electron chi connectivity index (χ0n) is 11.8. The molecule has 1 aliphatic rings. The van der Waals surface area contributed by atoms with E-state index < -0.39 is 0 Å². The number of rotatable bonds is 3. The number of anilines is 2. The highest BCUT2D eigenvalue weighted by Crippen LogP contribution is 2.36. The Morgan fingerprint density at radius 3 is 2.64 bits per heavy atom. The maximum absolute atomic E-state index is 10.2. The SMILES string of the molecule is N#Cc1c(N)nc(N)nc1-c1ccc(OC2CCC2)cc1O. The zero-order chi connectivity index (χ0) is 15.7. The molecule has 0 aliphatic heterocycles. The Morgan fingerprint density at radius 1 is 1.27 bits per heavy atom. The molecule has 1 saturated carbocycles. The summed E-state index contributed by atoms with van der Waals surface area (Å²) in [5, 5.41) is 19.4. The molecule has 1 aromatic carbocycles. The highest BCUT2D eigenvalue weighted by molar-refractivity contribution is 5.77. The summed E-state index contributed by atoms with van der Waals surface area (Å²) in [5.74, 6) is 0.463. The van der Waals surface area contributed by atoms with Gasteiger partial charge in [0.05, 0.1) is 11.8 Å². The molecule has 1 aliphatic carbocycles. The van der Waals surface area contributed by atoms with Gasteiger partial charge in [0.15, 0.2) is 0 Å². The second-order valence-corrected chi connectivity index (χ2v) is 5.15. The number of nitrogens with zero attached hydrogens (tertiary/aromatic N) is 3. The standard InChI is InChI=1S/C15H15N5O2/c16-7-11-13(19-15(18)20-14(11)17)10-5-4-9(6-12(10)21)22-8-2-1-3-8/h4-6,8,21H,1-3H2,(H4,17,18,19,20). The van der Waals surface area contributed by atoms with E-state index in [9.17, 15) is 10.4 Å². The van der Waals surface area contributed by atoms with Crippen LogP contribution in [0.3, 0.4) is 0 Å². The molecule has 0 radical (unpaired) electrons. The largest absolute Gasteiger partial charge is 0.507 e. The fourth-order valence-corrected chi connectivity index (χ4v) is 2.27. The van der Waals surface area contributed by atoms with Crippen molar-refractivity contribution < 1.29 is 9.84 Å². The molecule has 0 atom stereocenters. The van der Waals surface area contributed by atoms with Crippen LogP contribution in [0.2, 0.25) is 0 Å². The quantitative estimate of drug-likeness (QED) is 0.787. The molecule has 1 fully saturated rings. The number of phenols is 1. The van der Waals surface area contributed by atoms with Crippen molar-refractivity contribution in [3.63, 3.8) is 0 Å². The van der Waals surface area contributed by atoms with Gasteiger partial charge in [0.2, 0.25) is 5.95 Å². The van der Waals surface area contributed by atoms with Gasteiger partial charge in [-0.25, -0.2) is 4.98 Å². The maximum atomic E-state index is 10.2. The number of aromatic nitrogens is 2. The van der Waals surface area contributed by atoms with E-state index in [1.807, 2.05) is 6.07 Å². The highest BCUT2D eigenvalue weighted by Gasteiger charge is 2.21. The van der Waals surface area contributed by atoms with Crippen molar-refractivity contribution >= 4 is 11.8 Å². The Kier molecular flexibility index (Phi) is 3.43. The van der Waals surface area contributed by atoms with E-state index in [-0.39, 0.29) is 34.9 Å². The van der Waals surface area contributed by atoms with E-state index in [1.165, 1.54) is 12.5 Å². The van der Waals surface area contributed by atoms with Crippen LogP contribution in [0.1, 0.15) is 24.8 Å². The number of nitrogens with two attached hydrogens (primary N) is 2. The van der Waals surface area contributed by atoms with E-state index in [1.54, 1.807) is 12.1 Å². The smallest absolute Gasteiger partial charge is 0.222 e. The second-order valence-electron chi connectivity index (χ2n) is 5.15. The lowest BCUT2D eigenvalue weighted by Gasteiger charge is -2.26. The number of hydrogen-bond donors (Lipinski definition) is 3. The summed E-state index contributed by atoms with van der Waals surface area (Å²) in [6.45, 7) is 0. The molecule has 112 valence electrons. The van der Waals surface area contributed by atoms with Crippen molar-refractivity contribution in [2.24, 2.45) is 0 Å². The third kappa shape index (κ3) is 2.46. The molecule has 5 N–H and O–H groups in total. The lowest BCUT2D eigenvalue weighted by atomic mass is 9.96. The molecule has 0 bridgehead atoms. The number of hydrogen-bond acceptors (Lipinski definition) is 7. The molecular weight excluding hydrogens is 282 g/mol. The van der Waals surface area contributed by atoms with Crippen LogP contribution in [-0.2, 0) is 0 Å². The van der Waals surface area contributed by atoms with E-state index in [0.717, 1.165) is 12.8 Å². The van der Waals surface area contributed by atoms with E-state index in [0.29, 0.717) is 11.3 Å². The molecule has 22 heavy (non-hydrogen) atoms. The minimum absolute atomic E-state index is 0.0146. The summed E-state index contributed by atoms with van der Waals surface area (Å²) in [6.07, 6.45) is 3.44. The van der Waals surface area contributed by atoms with Crippen LogP contribution >= 0.6 is 0 Å². The van der Waals surface area contributed by atoms with Gasteiger partial charge in [-0.05, 0) is 31.4 Å². The molecule has 7 heteroatoms. The Balaban J connectivity index is 2.00. The average Bonchev–Trinajstić information content (AvgIpc) is 2.42. The van der Waals surface area contributed by atoms with Crippen molar-refractivity contribution in [3.8, 4) is 28.8 Å². The lowest BCUT2D eigenvalue weighted by molar-refractivity contribution is 0.120. The first-order valence-corrected chi connectivity index (χ1v) is 6.91. The van der Waals surface area contributed by atoms with Crippen molar-refractivity contribution in [2.45, 2.75) is 25.4 Å². The minimum Gasteiger partial charge on any atom is -0.507 e. The Hall–Kier alpha value is -3.01. The van der Waals surface area contributed by atoms with E-state index >= 15 is 0 Å². The monoisotopic (exact) mass is 297 g/mol. The minimum atomic E-state index is -0.0549. The molecule has 0 spiro atoms. The van der Waals surface area contributed by atoms with Gasteiger partial charge < -0.3 is 21.3 Å². The molecule has 0 amide bonds. The first-order chi connectivity index (χ1) is 10.6. The number of aromatic hydroxyl groups is 1. The predicted octanol–water partition coefficient (Wildman–Crippen LogP) is 1.82. The normalized spacial score (nSPS) is 14.1. The third-order valence-electron chi connectivity index (χ3n) is 3.65. The first kappa shape index (κ1) is 13.9.